The van der Waals surface area contributed by atoms with E-state index in [1.807, 2.05) is 45.2 Å². The molecule has 2 nitrogen and oxygen atoms in total. The lowest BCUT2D eigenvalue weighted by molar-refractivity contribution is -0.0495. The van der Waals surface area contributed by atoms with E-state index in [-0.39, 0.29) is 30.9 Å². The molecule has 4 heteroatoms. The van der Waals surface area contributed by atoms with E-state index < -0.39 is 5.92 Å². The minimum absolute atomic E-state index is 0.0109. The fraction of sp³-hybridized carbons (Fsp3) is 0.647. The van der Waals surface area contributed by atoms with E-state index in [1.54, 1.807) is 0 Å². The Morgan fingerprint density at radius 1 is 1.19 bits per heavy atom. The summed E-state index contributed by atoms with van der Waals surface area (Å²) in [4.78, 5) is 0. The molecule has 0 bridgehead atoms. The molecule has 21 heavy (non-hydrogen) atoms. The summed E-state index contributed by atoms with van der Waals surface area (Å²) in [6, 6.07) is 7.98. The second-order valence-electron chi connectivity index (χ2n) is 6.16. The highest BCUT2D eigenvalue weighted by Crippen LogP contribution is 2.42. The summed E-state index contributed by atoms with van der Waals surface area (Å²) in [5.74, 6) is -1.40. The predicted molar refractivity (Wildman–Crippen MR) is 80.9 cm³/mol. The molecule has 0 radical (unpaired) electrons. The van der Waals surface area contributed by atoms with E-state index in [0.717, 1.165) is 11.3 Å². The Labute approximate surface area is 125 Å². The van der Waals surface area contributed by atoms with Gasteiger partial charge in [-0.2, -0.15) is 0 Å². The number of alkyl halides is 2. The van der Waals surface area contributed by atoms with Crippen molar-refractivity contribution >= 4 is 0 Å². The van der Waals surface area contributed by atoms with Gasteiger partial charge in [-0.25, -0.2) is 8.78 Å². The van der Waals surface area contributed by atoms with Crippen molar-refractivity contribution in [1.82, 2.24) is 5.32 Å². The molecule has 1 aliphatic carbocycles. The lowest BCUT2D eigenvalue weighted by Gasteiger charge is -2.34. The topological polar surface area (TPSA) is 21.3 Å². The molecule has 0 aliphatic heterocycles. The van der Waals surface area contributed by atoms with Crippen LogP contribution in [0.15, 0.2) is 24.3 Å². The maximum Gasteiger partial charge on any atom is 0.248 e. The maximum absolute atomic E-state index is 13.4. The van der Waals surface area contributed by atoms with Crippen molar-refractivity contribution in [2.24, 2.45) is 5.92 Å². The fourth-order valence-electron chi connectivity index (χ4n) is 3.14. The average Bonchev–Trinajstić information content (AvgIpc) is 2.42. The highest BCUT2D eigenvalue weighted by Gasteiger charge is 2.38. The van der Waals surface area contributed by atoms with Gasteiger partial charge in [0.25, 0.3) is 0 Å². The molecular formula is C17H25F2NO. The van der Waals surface area contributed by atoms with Gasteiger partial charge in [0.2, 0.25) is 5.92 Å². The van der Waals surface area contributed by atoms with E-state index in [0.29, 0.717) is 12.8 Å². The van der Waals surface area contributed by atoms with E-state index >= 15 is 0 Å². The third-order valence-corrected chi connectivity index (χ3v) is 4.16. The summed E-state index contributed by atoms with van der Waals surface area (Å²) >= 11 is 0. The fourth-order valence-corrected chi connectivity index (χ4v) is 3.14. The van der Waals surface area contributed by atoms with Crippen molar-refractivity contribution in [3.05, 3.63) is 29.8 Å². The van der Waals surface area contributed by atoms with E-state index in [4.69, 9.17) is 4.74 Å². The van der Waals surface area contributed by atoms with Crippen LogP contribution in [0.25, 0.3) is 0 Å². The number of ether oxygens (including phenoxy) is 1. The SMILES string of the molecule is CNC(c1ccccc1OC(C)C)C1CCC(F)(F)CC1. The molecule has 0 spiro atoms. The van der Waals surface area contributed by atoms with Crippen LogP contribution in [-0.2, 0) is 0 Å². The van der Waals surface area contributed by atoms with Gasteiger partial charge in [0, 0.05) is 24.4 Å². The summed E-state index contributed by atoms with van der Waals surface area (Å²) in [6.45, 7) is 3.98. The number of benzene rings is 1. The van der Waals surface area contributed by atoms with Crippen LogP contribution in [0, 0.1) is 5.92 Å². The smallest absolute Gasteiger partial charge is 0.248 e. The molecule has 0 amide bonds. The molecule has 1 fully saturated rings. The Hall–Kier alpha value is -1.16. The van der Waals surface area contributed by atoms with Crippen molar-refractivity contribution in [3.63, 3.8) is 0 Å². The molecule has 1 unspecified atom stereocenters. The summed E-state index contributed by atoms with van der Waals surface area (Å²) < 4.78 is 32.6. The molecule has 1 saturated carbocycles. The van der Waals surface area contributed by atoms with E-state index in [9.17, 15) is 8.78 Å². The number of rotatable bonds is 5. The summed E-state index contributed by atoms with van der Waals surface area (Å²) in [7, 11) is 1.89. The van der Waals surface area contributed by atoms with Crippen LogP contribution in [-0.4, -0.2) is 19.1 Å². The number of hydrogen-bond donors (Lipinski definition) is 1. The van der Waals surface area contributed by atoms with E-state index in [1.165, 1.54) is 0 Å². The third-order valence-electron chi connectivity index (χ3n) is 4.16. The van der Waals surface area contributed by atoms with Gasteiger partial charge in [-0.15, -0.1) is 0 Å². The van der Waals surface area contributed by atoms with Crippen molar-refractivity contribution in [1.29, 1.82) is 0 Å². The monoisotopic (exact) mass is 297 g/mol. The van der Waals surface area contributed by atoms with Crippen LogP contribution in [0.4, 0.5) is 8.78 Å². The first-order valence-electron chi connectivity index (χ1n) is 7.73. The van der Waals surface area contributed by atoms with Gasteiger partial charge < -0.3 is 10.1 Å². The quantitative estimate of drug-likeness (QED) is 0.860. The molecular weight excluding hydrogens is 272 g/mol. The van der Waals surface area contributed by atoms with Crippen LogP contribution in [0.3, 0.4) is 0 Å². The Morgan fingerprint density at radius 3 is 2.38 bits per heavy atom. The first-order valence-corrected chi connectivity index (χ1v) is 7.73. The maximum atomic E-state index is 13.4. The standard InChI is InChI=1S/C17H25F2NO/c1-12(2)21-15-7-5-4-6-14(15)16(20-3)13-8-10-17(18,19)11-9-13/h4-7,12-13,16,20H,8-11H2,1-3H3. The minimum Gasteiger partial charge on any atom is -0.491 e. The Kier molecular flexibility index (Phi) is 5.20. The zero-order valence-corrected chi connectivity index (χ0v) is 13.0. The van der Waals surface area contributed by atoms with Gasteiger partial charge in [0.05, 0.1) is 6.10 Å². The average molecular weight is 297 g/mol. The van der Waals surface area contributed by atoms with Gasteiger partial charge in [0.1, 0.15) is 5.75 Å². The minimum atomic E-state index is -2.48. The van der Waals surface area contributed by atoms with Gasteiger partial charge in [-0.3, -0.25) is 0 Å². The molecule has 0 heterocycles. The Morgan fingerprint density at radius 2 is 1.81 bits per heavy atom. The van der Waals surface area contributed by atoms with Crippen molar-refractivity contribution < 1.29 is 13.5 Å². The van der Waals surface area contributed by atoms with Crippen LogP contribution in [0.1, 0.15) is 51.1 Å². The molecule has 1 aromatic carbocycles. The normalized spacial score (nSPS) is 20.5. The van der Waals surface area contributed by atoms with Crippen molar-refractivity contribution in [2.75, 3.05) is 7.05 Å². The number of para-hydroxylation sites is 1. The van der Waals surface area contributed by atoms with Crippen LogP contribution in [0.5, 0.6) is 5.75 Å². The largest absolute Gasteiger partial charge is 0.491 e. The first-order chi connectivity index (χ1) is 9.93. The molecule has 2 rings (SSSR count). The highest BCUT2D eigenvalue weighted by atomic mass is 19.3. The van der Waals surface area contributed by atoms with Crippen LogP contribution < -0.4 is 10.1 Å². The molecule has 0 aromatic heterocycles. The molecule has 1 N–H and O–H groups in total. The van der Waals surface area contributed by atoms with Crippen molar-refractivity contribution in [2.45, 2.75) is 57.6 Å². The van der Waals surface area contributed by atoms with Crippen molar-refractivity contribution in [3.8, 4) is 5.75 Å². The molecule has 1 atom stereocenters. The molecule has 1 aliphatic rings. The zero-order chi connectivity index (χ0) is 15.5. The Bertz CT molecular complexity index is 452. The molecule has 1 aromatic rings. The summed E-state index contributed by atoms with van der Waals surface area (Å²) in [5.41, 5.74) is 1.07. The number of halogens is 2. The molecule has 118 valence electrons. The molecule has 0 saturated heterocycles. The first kappa shape index (κ1) is 16.2. The third kappa shape index (κ3) is 4.16. The lowest BCUT2D eigenvalue weighted by atomic mass is 9.79. The predicted octanol–water partition coefficient (Wildman–Crippen LogP) is 4.56. The number of nitrogens with one attached hydrogen (secondary N) is 1. The van der Waals surface area contributed by atoms with Gasteiger partial charge in [-0.1, -0.05) is 18.2 Å². The number of hydrogen-bond acceptors (Lipinski definition) is 2. The zero-order valence-electron chi connectivity index (χ0n) is 13.0. The van der Waals surface area contributed by atoms with Gasteiger partial charge in [0.15, 0.2) is 0 Å². The lowest BCUT2D eigenvalue weighted by Crippen LogP contribution is -2.33. The van der Waals surface area contributed by atoms with E-state index in [2.05, 4.69) is 5.32 Å². The van der Waals surface area contributed by atoms with Crippen LogP contribution in [0.2, 0.25) is 0 Å². The Balaban J connectivity index is 2.18. The van der Waals surface area contributed by atoms with Crippen LogP contribution >= 0.6 is 0 Å². The second kappa shape index (κ2) is 6.73. The summed E-state index contributed by atoms with van der Waals surface area (Å²) in [6.07, 6.45) is 1.18. The van der Waals surface area contributed by atoms with Gasteiger partial charge in [-0.05, 0) is 45.7 Å². The summed E-state index contributed by atoms with van der Waals surface area (Å²) in [5, 5.41) is 3.30. The highest BCUT2D eigenvalue weighted by molar-refractivity contribution is 5.36. The second-order valence-corrected chi connectivity index (χ2v) is 6.16. The van der Waals surface area contributed by atoms with Gasteiger partial charge >= 0.3 is 0 Å².